The van der Waals surface area contributed by atoms with Crippen LogP contribution in [0.1, 0.15) is 15.9 Å². The third-order valence-corrected chi connectivity index (χ3v) is 1.31. The Labute approximate surface area is 65.1 Å². The van der Waals surface area contributed by atoms with Gasteiger partial charge in [-0.15, -0.1) is 0 Å². The fourth-order valence-corrected chi connectivity index (χ4v) is 0.795. The lowest BCUT2D eigenvalue weighted by Crippen LogP contribution is -1.95. The predicted octanol–water partition coefficient (Wildman–Crippen LogP) is 1.45. The average molecular weight is 143 g/mol. The van der Waals surface area contributed by atoms with Gasteiger partial charge in [-0.05, 0) is 6.07 Å². The summed E-state index contributed by atoms with van der Waals surface area (Å²) in [6, 6.07) is 8.31. The lowest BCUT2D eigenvalue weighted by Gasteiger charge is -1.95. The van der Waals surface area contributed by atoms with Crippen LogP contribution in [0.15, 0.2) is 24.3 Å². The molecule has 1 aromatic carbocycles. The molecule has 1 rings (SSSR count). The number of nitrogens with zero attached hydrogens (tertiary/aromatic N) is 1. The van der Waals surface area contributed by atoms with E-state index in [1.807, 2.05) is 6.07 Å². The van der Waals surface area contributed by atoms with Crippen LogP contribution in [0.5, 0.6) is 0 Å². The van der Waals surface area contributed by atoms with Crippen molar-refractivity contribution < 1.29 is 4.79 Å². The van der Waals surface area contributed by atoms with Crippen molar-refractivity contribution in [3.63, 3.8) is 0 Å². The van der Waals surface area contributed by atoms with E-state index in [2.05, 4.69) is 0 Å². The summed E-state index contributed by atoms with van der Waals surface area (Å²) in [6.07, 6.45) is 0. The first kappa shape index (κ1) is 7.49. The molecule has 2 nitrogen and oxygen atoms in total. The molecule has 0 atom stereocenters. The molecule has 2 heteroatoms. The van der Waals surface area contributed by atoms with Gasteiger partial charge in [-0.2, -0.15) is 5.26 Å². The highest BCUT2D eigenvalue weighted by Gasteiger charge is 2.03. The molecule has 0 aromatic heterocycles. The van der Waals surface area contributed by atoms with E-state index in [4.69, 9.17) is 12.2 Å². The van der Waals surface area contributed by atoms with Gasteiger partial charge in [0.25, 0.3) is 0 Å². The molecule has 0 aliphatic carbocycles. The van der Waals surface area contributed by atoms with Crippen LogP contribution >= 0.6 is 0 Å². The molecule has 0 unspecified atom stereocenters. The van der Waals surface area contributed by atoms with Gasteiger partial charge in [-0.1, -0.05) is 18.2 Å². The van der Waals surface area contributed by atoms with Crippen molar-refractivity contribution >= 4 is 5.78 Å². The van der Waals surface area contributed by atoms with Crippen LogP contribution in [0, 0.1) is 18.3 Å². The number of carbonyl (C=O) groups is 1. The third kappa shape index (κ3) is 1.44. The molecule has 0 aliphatic rings. The van der Waals surface area contributed by atoms with E-state index in [9.17, 15) is 4.79 Å². The molecule has 52 valence electrons. The molecule has 0 N–H and O–H groups in total. The predicted molar refractivity (Wildman–Crippen MR) is 39.8 cm³/mol. The van der Waals surface area contributed by atoms with Crippen molar-refractivity contribution in [3.05, 3.63) is 42.3 Å². The van der Waals surface area contributed by atoms with Gasteiger partial charge in [0, 0.05) is 12.5 Å². The number of benzene rings is 1. The summed E-state index contributed by atoms with van der Waals surface area (Å²) in [5.41, 5.74) is 0.593. The zero-order valence-corrected chi connectivity index (χ0v) is 5.74. The van der Waals surface area contributed by atoms with E-state index in [-0.39, 0.29) is 5.56 Å². The minimum Gasteiger partial charge on any atom is -0.294 e. The number of hydrogen-bond acceptors (Lipinski definition) is 2. The van der Waals surface area contributed by atoms with E-state index < -0.39 is 5.78 Å². The van der Waals surface area contributed by atoms with E-state index in [0.717, 1.165) is 0 Å². The summed E-state index contributed by atoms with van der Waals surface area (Å²) >= 11 is 0. The third-order valence-electron chi connectivity index (χ3n) is 1.31. The smallest absolute Gasteiger partial charge is 0.168 e. The molecule has 0 amide bonds. The quantitative estimate of drug-likeness (QED) is 0.558. The first-order chi connectivity index (χ1) is 5.25. The first-order valence-electron chi connectivity index (χ1n) is 3.04. The molecule has 11 heavy (non-hydrogen) atoms. The second kappa shape index (κ2) is 2.98. The SMILES string of the molecule is [CH]C(=O)c1ccccc1C#N. The molecule has 0 saturated carbocycles. The lowest BCUT2D eigenvalue weighted by molar-refractivity contribution is 0.104. The van der Waals surface area contributed by atoms with E-state index in [1.165, 1.54) is 6.07 Å². The van der Waals surface area contributed by atoms with Crippen molar-refractivity contribution in [2.45, 2.75) is 0 Å². The van der Waals surface area contributed by atoms with Gasteiger partial charge in [0.15, 0.2) is 5.78 Å². The molecule has 0 heterocycles. The van der Waals surface area contributed by atoms with Gasteiger partial charge in [0.1, 0.15) is 0 Å². The number of ketones is 1. The Hall–Kier alpha value is -1.62. The second-order valence-corrected chi connectivity index (χ2v) is 2.02. The maximum atomic E-state index is 10.7. The van der Waals surface area contributed by atoms with Gasteiger partial charge in [0.2, 0.25) is 0 Å². The zero-order valence-electron chi connectivity index (χ0n) is 5.74. The van der Waals surface area contributed by atoms with E-state index in [0.29, 0.717) is 5.56 Å². The summed E-state index contributed by atoms with van der Waals surface area (Å²) in [6.45, 7) is 5.00. The summed E-state index contributed by atoms with van der Waals surface area (Å²) in [5, 5.41) is 8.51. The fourth-order valence-electron chi connectivity index (χ4n) is 0.795. The van der Waals surface area contributed by atoms with Crippen LogP contribution in [0.2, 0.25) is 0 Å². The van der Waals surface area contributed by atoms with Crippen molar-refractivity contribution in [2.75, 3.05) is 0 Å². The Morgan fingerprint density at radius 3 is 2.55 bits per heavy atom. The van der Waals surface area contributed by atoms with Crippen LogP contribution < -0.4 is 0 Å². The van der Waals surface area contributed by atoms with Gasteiger partial charge in [-0.25, -0.2) is 0 Å². The van der Waals surface area contributed by atoms with Crippen LogP contribution in [0.3, 0.4) is 0 Å². The monoisotopic (exact) mass is 143 g/mol. The molecule has 0 aliphatic heterocycles. The number of rotatable bonds is 1. The molecule has 0 fully saturated rings. The molecule has 0 saturated heterocycles. The highest BCUT2D eigenvalue weighted by molar-refractivity contribution is 6.01. The largest absolute Gasteiger partial charge is 0.294 e. The average Bonchev–Trinajstić information content (AvgIpc) is 2.04. The second-order valence-electron chi connectivity index (χ2n) is 2.02. The Balaban J connectivity index is 3.26. The lowest BCUT2D eigenvalue weighted by atomic mass is 10.1. The van der Waals surface area contributed by atoms with Crippen LogP contribution in [-0.4, -0.2) is 5.78 Å². The molecule has 1 aromatic rings. The van der Waals surface area contributed by atoms with Gasteiger partial charge >= 0.3 is 0 Å². The van der Waals surface area contributed by atoms with Crippen molar-refractivity contribution in [2.24, 2.45) is 0 Å². The van der Waals surface area contributed by atoms with Gasteiger partial charge in [0.05, 0.1) is 11.6 Å². The Kier molecular flexibility index (Phi) is 2.03. The van der Waals surface area contributed by atoms with E-state index in [1.54, 1.807) is 18.2 Å². The number of carbonyl (C=O) groups excluding carboxylic acids is 1. The summed E-state index contributed by atoms with van der Waals surface area (Å²) < 4.78 is 0. The highest BCUT2D eigenvalue weighted by atomic mass is 16.1. The maximum Gasteiger partial charge on any atom is 0.168 e. The fraction of sp³-hybridized carbons (Fsp3) is 0. The summed E-state index contributed by atoms with van der Waals surface area (Å²) in [7, 11) is 0. The van der Waals surface area contributed by atoms with Crippen molar-refractivity contribution in [1.82, 2.24) is 0 Å². The molecule has 2 radical (unpaired) electrons. The van der Waals surface area contributed by atoms with Gasteiger partial charge < -0.3 is 0 Å². The molecule has 0 spiro atoms. The van der Waals surface area contributed by atoms with Crippen LogP contribution in [0.4, 0.5) is 0 Å². The summed E-state index contributed by atoms with van der Waals surface area (Å²) in [4.78, 5) is 10.7. The Morgan fingerprint density at radius 1 is 1.45 bits per heavy atom. The highest BCUT2D eigenvalue weighted by Crippen LogP contribution is 2.06. The normalized spacial score (nSPS) is 8.73. The van der Waals surface area contributed by atoms with Crippen LogP contribution in [-0.2, 0) is 0 Å². The number of Topliss-reactive ketones (excluding diaryl/α,β-unsaturated/α-hetero) is 1. The zero-order chi connectivity index (χ0) is 8.27. The molecular formula is C9H5NO. The minimum atomic E-state index is -0.567. The van der Waals surface area contributed by atoms with Crippen molar-refractivity contribution in [1.29, 1.82) is 5.26 Å². The molecular weight excluding hydrogens is 138 g/mol. The number of nitriles is 1. The van der Waals surface area contributed by atoms with Gasteiger partial charge in [-0.3, -0.25) is 4.79 Å². The Morgan fingerprint density at radius 2 is 2.09 bits per heavy atom. The van der Waals surface area contributed by atoms with E-state index >= 15 is 0 Å². The number of hydrogen-bond donors (Lipinski definition) is 0. The van der Waals surface area contributed by atoms with Crippen molar-refractivity contribution in [3.8, 4) is 6.07 Å². The first-order valence-corrected chi connectivity index (χ1v) is 3.04. The Bertz CT molecular complexity index is 323. The minimum absolute atomic E-state index is 0.273. The summed E-state index contributed by atoms with van der Waals surface area (Å²) in [5.74, 6) is -0.567. The standard InChI is InChI=1S/C9H5NO/c1-7(11)9-5-3-2-4-8(9)6-10/h1-5H. The van der Waals surface area contributed by atoms with Crippen LogP contribution in [0.25, 0.3) is 0 Å². The topological polar surface area (TPSA) is 40.9 Å². The maximum absolute atomic E-state index is 10.7. The molecule has 0 bridgehead atoms.